The first-order valence-corrected chi connectivity index (χ1v) is 11.0. The number of rotatable bonds is 5. The summed E-state index contributed by atoms with van der Waals surface area (Å²) in [5, 5.41) is 16.6. The molecular formula is C23H22N2O5S. The lowest BCUT2D eigenvalue weighted by atomic mass is 9.72. The molecule has 2 aliphatic rings. The molecule has 0 saturated heterocycles. The number of dihydropyridines is 1. The number of carbonyl (C=O) groups excluding carboxylic acids is 2. The molecule has 0 saturated carbocycles. The summed E-state index contributed by atoms with van der Waals surface area (Å²) in [6.07, 6.45) is 0.974. The second-order valence-corrected chi connectivity index (χ2v) is 8.58. The van der Waals surface area contributed by atoms with Crippen molar-refractivity contribution in [1.29, 1.82) is 0 Å². The summed E-state index contributed by atoms with van der Waals surface area (Å²) in [5.74, 6) is -1.21. The van der Waals surface area contributed by atoms with Crippen LogP contribution in [0.4, 0.5) is 5.69 Å². The van der Waals surface area contributed by atoms with Gasteiger partial charge in [0.15, 0.2) is 5.78 Å². The molecule has 0 bridgehead atoms. The number of carbonyl (C=O) groups is 2. The molecule has 1 N–H and O–H groups in total. The lowest BCUT2D eigenvalue weighted by molar-refractivity contribution is -0.384. The summed E-state index contributed by atoms with van der Waals surface area (Å²) in [4.78, 5) is 38.2. The van der Waals surface area contributed by atoms with Crippen LogP contribution in [-0.2, 0) is 14.3 Å². The van der Waals surface area contributed by atoms with E-state index < -0.39 is 16.8 Å². The van der Waals surface area contributed by atoms with E-state index in [0.29, 0.717) is 35.2 Å². The third kappa shape index (κ3) is 3.90. The van der Waals surface area contributed by atoms with Gasteiger partial charge in [0.1, 0.15) is 0 Å². The lowest BCUT2D eigenvalue weighted by Crippen LogP contribution is -2.36. The van der Waals surface area contributed by atoms with Gasteiger partial charge in [-0.05, 0) is 37.3 Å². The Hall–Kier alpha value is -3.26. The van der Waals surface area contributed by atoms with Crippen LogP contribution >= 0.6 is 11.3 Å². The average molecular weight is 439 g/mol. The summed E-state index contributed by atoms with van der Waals surface area (Å²) in [6.45, 7) is 3.69. The molecule has 2 atom stereocenters. The van der Waals surface area contributed by atoms with Gasteiger partial charge in [-0.3, -0.25) is 14.9 Å². The highest BCUT2D eigenvalue weighted by Gasteiger charge is 2.41. The molecule has 4 rings (SSSR count). The van der Waals surface area contributed by atoms with Crippen molar-refractivity contribution in [3.05, 3.63) is 84.9 Å². The van der Waals surface area contributed by atoms with Crippen LogP contribution in [0.3, 0.4) is 0 Å². The van der Waals surface area contributed by atoms with Crippen molar-refractivity contribution in [3.63, 3.8) is 0 Å². The number of hydrogen-bond donors (Lipinski definition) is 1. The molecule has 0 unspecified atom stereocenters. The van der Waals surface area contributed by atoms with E-state index in [4.69, 9.17) is 4.74 Å². The minimum absolute atomic E-state index is 0.0574. The molecule has 1 aliphatic carbocycles. The number of non-ortho nitro benzene ring substituents is 1. The van der Waals surface area contributed by atoms with Crippen LogP contribution in [0.25, 0.3) is 0 Å². The van der Waals surface area contributed by atoms with Crippen LogP contribution in [0.2, 0.25) is 0 Å². The maximum absolute atomic E-state index is 13.4. The van der Waals surface area contributed by atoms with E-state index in [1.54, 1.807) is 37.3 Å². The van der Waals surface area contributed by atoms with Gasteiger partial charge in [-0.15, -0.1) is 11.3 Å². The monoisotopic (exact) mass is 438 g/mol. The molecule has 31 heavy (non-hydrogen) atoms. The number of nitro benzene ring substituents is 1. The van der Waals surface area contributed by atoms with E-state index in [2.05, 4.69) is 5.32 Å². The number of allylic oxidation sites excluding steroid dienone is 3. The van der Waals surface area contributed by atoms with E-state index in [9.17, 15) is 19.7 Å². The zero-order chi connectivity index (χ0) is 22.1. The van der Waals surface area contributed by atoms with Crippen molar-refractivity contribution in [2.45, 2.75) is 38.5 Å². The Balaban J connectivity index is 1.84. The number of nitro groups is 1. The maximum atomic E-state index is 13.4. The van der Waals surface area contributed by atoms with Crippen molar-refractivity contribution in [1.82, 2.24) is 5.32 Å². The number of Topliss-reactive ketones (excluding diaryl/α,β-unsaturated/α-hetero) is 1. The first kappa shape index (κ1) is 21.0. The Kier molecular flexibility index (Phi) is 5.73. The molecule has 2 heterocycles. The Morgan fingerprint density at radius 1 is 1.29 bits per heavy atom. The van der Waals surface area contributed by atoms with Gasteiger partial charge >= 0.3 is 5.97 Å². The molecule has 7 nitrogen and oxygen atoms in total. The van der Waals surface area contributed by atoms with Gasteiger partial charge in [-0.1, -0.05) is 18.2 Å². The summed E-state index contributed by atoms with van der Waals surface area (Å²) < 4.78 is 5.27. The number of nitrogens with one attached hydrogen (secondary N) is 1. The van der Waals surface area contributed by atoms with Crippen LogP contribution in [0, 0.1) is 10.1 Å². The fraction of sp³-hybridized carbons (Fsp3) is 0.304. The SMILES string of the molecule is CCOC(=O)C1=C(C)NC2=C(C(=O)C[C@H](c3cccs3)C2)[C@H]1c1cccc([N+](=O)[O-])c1. The fourth-order valence-electron chi connectivity index (χ4n) is 4.39. The average Bonchev–Trinajstić information content (AvgIpc) is 3.27. The van der Waals surface area contributed by atoms with E-state index in [1.807, 2.05) is 17.5 Å². The van der Waals surface area contributed by atoms with Gasteiger partial charge in [0.25, 0.3) is 5.69 Å². The number of ether oxygens (including phenoxy) is 1. The van der Waals surface area contributed by atoms with Crippen LogP contribution in [0.1, 0.15) is 49.0 Å². The molecule has 0 radical (unpaired) electrons. The summed E-state index contributed by atoms with van der Waals surface area (Å²) in [5.41, 5.74) is 2.66. The van der Waals surface area contributed by atoms with Crippen LogP contribution < -0.4 is 5.32 Å². The quantitative estimate of drug-likeness (QED) is 0.417. The number of nitrogens with zero attached hydrogens (tertiary/aromatic N) is 1. The Morgan fingerprint density at radius 3 is 2.77 bits per heavy atom. The maximum Gasteiger partial charge on any atom is 0.336 e. The Morgan fingerprint density at radius 2 is 2.10 bits per heavy atom. The molecule has 0 amide bonds. The number of ketones is 1. The summed E-state index contributed by atoms with van der Waals surface area (Å²) in [6, 6.07) is 10.1. The lowest BCUT2D eigenvalue weighted by Gasteiger charge is -2.36. The summed E-state index contributed by atoms with van der Waals surface area (Å²) in [7, 11) is 0. The van der Waals surface area contributed by atoms with Crippen molar-refractivity contribution in [3.8, 4) is 0 Å². The van der Waals surface area contributed by atoms with Crippen molar-refractivity contribution < 1.29 is 19.2 Å². The number of thiophene rings is 1. The zero-order valence-corrected chi connectivity index (χ0v) is 18.0. The molecule has 0 fully saturated rings. The van der Waals surface area contributed by atoms with E-state index in [0.717, 1.165) is 10.6 Å². The number of benzene rings is 1. The van der Waals surface area contributed by atoms with E-state index in [1.165, 1.54) is 12.1 Å². The second kappa shape index (κ2) is 8.47. The Bertz CT molecular complexity index is 1120. The van der Waals surface area contributed by atoms with Gasteiger partial charge in [0.05, 0.1) is 17.1 Å². The third-order valence-corrected chi connectivity index (χ3v) is 6.72. The van der Waals surface area contributed by atoms with Crippen molar-refractivity contribution >= 4 is 28.8 Å². The second-order valence-electron chi connectivity index (χ2n) is 7.61. The predicted molar refractivity (Wildman–Crippen MR) is 117 cm³/mol. The first-order chi connectivity index (χ1) is 14.9. The number of esters is 1. The highest BCUT2D eigenvalue weighted by Crippen LogP contribution is 2.46. The van der Waals surface area contributed by atoms with Crippen LogP contribution in [0.5, 0.6) is 0 Å². The molecule has 160 valence electrons. The molecule has 1 aromatic heterocycles. The highest BCUT2D eigenvalue weighted by atomic mass is 32.1. The highest BCUT2D eigenvalue weighted by molar-refractivity contribution is 7.10. The standard InChI is InChI=1S/C23H22N2O5S/c1-3-30-23(27)20-13(2)24-17-11-15(19-8-5-9-31-19)12-18(26)22(17)21(20)14-6-4-7-16(10-14)25(28)29/h4-10,15,21,24H,3,11-12H2,1-2H3/t15-,21+/m1/s1. The molecule has 1 aliphatic heterocycles. The topological polar surface area (TPSA) is 98.5 Å². The van der Waals surface area contributed by atoms with Crippen molar-refractivity contribution in [2.75, 3.05) is 6.61 Å². The molecule has 8 heteroatoms. The van der Waals surface area contributed by atoms with Gasteiger partial charge in [-0.2, -0.15) is 0 Å². The predicted octanol–water partition coefficient (Wildman–Crippen LogP) is 4.58. The molecule has 1 aromatic carbocycles. The van der Waals surface area contributed by atoms with Crippen molar-refractivity contribution in [2.24, 2.45) is 0 Å². The Labute approximate surface area is 183 Å². The molecule has 2 aromatic rings. The fourth-order valence-corrected chi connectivity index (χ4v) is 5.22. The minimum atomic E-state index is -0.702. The van der Waals surface area contributed by atoms with Gasteiger partial charge in [-0.25, -0.2) is 4.79 Å². The smallest absolute Gasteiger partial charge is 0.336 e. The normalized spacial score (nSPS) is 20.9. The van der Waals surface area contributed by atoms with Crippen LogP contribution in [-0.4, -0.2) is 23.3 Å². The third-order valence-electron chi connectivity index (χ3n) is 5.68. The largest absolute Gasteiger partial charge is 0.463 e. The van der Waals surface area contributed by atoms with E-state index in [-0.39, 0.29) is 24.0 Å². The zero-order valence-electron chi connectivity index (χ0n) is 17.2. The van der Waals surface area contributed by atoms with Crippen LogP contribution in [0.15, 0.2) is 64.3 Å². The van der Waals surface area contributed by atoms with E-state index >= 15 is 0 Å². The molecule has 0 spiro atoms. The number of hydrogen-bond acceptors (Lipinski definition) is 7. The summed E-state index contributed by atoms with van der Waals surface area (Å²) >= 11 is 1.62. The molecular weight excluding hydrogens is 416 g/mol. The first-order valence-electron chi connectivity index (χ1n) is 10.1. The minimum Gasteiger partial charge on any atom is -0.463 e. The van der Waals surface area contributed by atoms with Gasteiger partial charge in [0.2, 0.25) is 0 Å². The van der Waals surface area contributed by atoms with Gasteiger partial charge in [0, 0.05) is 52.2 Å². The van der Waals surface area contributed by atoms with Gasteiger partial charge < -0.3 is 10.1 Å².